The van der Waals surface area contributed by atoms with Gasteiger partial charge in [-0.25, -0.2) is 8.42 Å². The number of hydrogen-bond acceptors (Lipinski definition) is 12. The van der Waals surface area contributed by atoms with E-state index in [1.165, 1.54) is 15.3 Å². The van der Waals surface area contributed by atoms with E-state index in [1.807, 2.05) is 0 Å². The number of nitrogens with two attached hydrogens (primary N) is 1. The van der Waals surface area contributed by atoms with Crippen molar-refractivity contribution in [3.63, 3.8) is 0 Å². The zero-order chi connectivity index (χ0) is 25.7. The van der Waals surface area contributed by atoms with E-state index in [1.54, 1.807) is 0 Å². The number of rotatable bonds is 12. The maximum Gasteiger partial charge on any atom is 0.270 e. The Balaban J connectivity index is 2.48. The van der Waals surface area contributed by atoms with Gasteiger partial charge in [-0.1, -0.05) is 0 Å². The fourth-order valence-electron chi connectivity index (χ4n) is 3.29. The molecule has 34 heavy (non-hydrogen) atoms. The summed E-state index contributed by atoms with van der Waals surface area (Å²) in [5.74, 6) is 0. The van der Waals surface area contributed by atoms with Gasteiger partial charge in [0, 0.05) is 44.4 Å². The molecular formula is C17H28N4O10S3. The van der Waals surface area contributed by atoms with Gasteiger partial charge in [0.05, 0.1) is 36.3 Å². The summed E-state index contributed by atoms with van der Waals surface area (Å²) in [6.45, 7) is -0.865. The molecule has 0 unspecified atom stereocenters. The zero-order valence-corrected chi connectivity index (χ0v) is 21.1. The number of nitrogens with zero attached hydrogens (tertiary/aromatic N) is 3. The largest absolute Gasteiger partial charge is 0.366 e. The van der Waals surface area contributed by atoms with Crippen LogP contribution >= 0.6 is 0 Å². The summed E-state index contributed by atoms with van der Waals surface area (Å²) < 4.78 is 82.9. The van der Waals surface area contributed by atoms with Gasteiger partial charge < -0.3 is 10.6 Å². The molecule has 1 aliphatic rings. The minimum Gasteiger partial charge on any atom is -0.366 e. The molecule has 17 heteroatoms. The lowest BCUT2D eigenvalue weighted by molar-refractivity contribution is -0.385. The van der Waals surface area contributed by atoms with Crippen molar-refractivity contribution >= 4 is 41.6 Å². The Morgan fingerprint density at radius 3 is 1.97 bits per heavy atom. The minimum atomic E-state index is -4.21. The van der Waals surface area contributed by atoms with Gasteiger partial charge >= 0.3 is 0 Å². The third kappa shape index (κ3) is 8.40. The average molecular weight is 545 g/mol. The molecule has 1 heterocycles. The molecule has 0 aromatic heterocycles. The fraction of sp³-hybridized carbons (Fsp3) is 0.647. The Kier molecular flexibility index (Phi) is 9.37. The standard InChI is InChI=1S/C17H28N4O10S3/c1-32(24,25)30-11-9-19(10-12-31-33(2,26)27)16-4-3-15(21(22)23)13-17(16)34(28,29)20-7-5-14(18)6-8-20/h3-4,13-14H,5-12,18H2,1-2H3. The summed E-state index contributed by atoms with van der Waals surface area (Å²) in [7, 11) is -11.8. The van der Waals surface area contributed by atoms with Crippen molar-refractivity contribution in [3.8, 4) is 0 Å². The molecule has 194 valence electrons. The van der Waals surface area contributed by atoms with Gasteiger partial charge in [0.1, 0.15) is 4.90 Å². The highest BCUT2D eigenvalue weighted by Crippen LogP contribution is 2.33. The number of benzene rings is 1. The predicted molar refractivity (Wildman–Crippen MR) is 123 cm³/mol. The average Bonchev–Trinajstić information content (AvgIpc) is 2.71. The van der Waals surface area contributed by atoms with Crippen molar-refractivity contribution in [3.05, 3.63) is 28.3 Å². The van der Waals surface area contributed by atoms with Crippen LogP contribution in [-0.2, 0) is 38.6 Å². The second-order valence-electron chi connectivity index (χ2n) is 7.69. The smallest absolute Gasteiger partial charge is 0.270 e. The molecule has 0 saturated carbocycles. The van der Waals surface area contributed by atoms with Crippen LogP contribution in [0.5, 0.6) is 0 Å². The molecule has 14 nitrogen and oxygen atoms in total. The van der Waals surface area contributed by atoms with Crippen LogP contribution in [-0.4, -0.2) is 92.4 Å². The molecule has 1 aliphatic heterocycles. The Labute approximate surface area is 199 Å². The molecule has 1 saturated heterocycles. The normalized spacial score (nSPS) is 16.4. The lowest BCUT2D eigenvalue weighted by atomic mass is 10.1. The van der Waals surface area contributed by atoms with Crippen molar-refractivity contribution in [2.24, 2.45) is 5.73 Å². The molecule has 2 N–H and O–H groups in total. The third-order valence-corrected chi connectivity index (χ3v) is 8.05. The number of anilines is 1. The second kappa shape index (κ2) is 11.2. The van der Waals surface area contributed by atoms with E-state index in [0.717, 1.165) is 24.6 Å². The van der Waals surface area contributed by atoms with E-state index in [0.29, 0.717) is 12.8 Å². The number of nitro benzene ring substituents is 1. The van der Waals surface area contributed by atoms with Crippen LogP contribution in [0.2, 0.25) is 0 Å². The van der Waals surface area contributed by atoms with Crippen LogP contribution in [0.3, 0.4) is 0 Å². The van der Waals surface area contributed by atoms with Crippen LogP contribution in [0, 0.1) is 10.1 Å². The van der Waals surface area contributed by atoms with Crippen molar-refractivity contribution in [2.75, 3.05) is 56.8 Å². The maximum absolute atomic E-state index is 13.4. The first-order chi connectivity index (χ1) is 15.6. The monoisotopic (exact) mass is 544 g/mol. The summed E-state index contributed by atoms with van der Waals surface area (Å²) >= 11 is 0. The highest BCUT2D eigenvalue weighted by molar-refractivity contribution is 7.89. The number of hydrogen-bond donors (Lipinski definition) is 1. The Hall–Kier alpha value is -1.89. The summed E-state index contributed by atoms with van der Waals surface area (Å²) in [4.78, 5) is 11.6. The van der Waals surface area contributed by atoms with Gasteiger partial charge in [-0.3, -0.25) is 18.5 Å². The first-order valence-corrected chi connectivity index (χ1v) is 15.2. The highest BCUT2D eigenvalue weighted by Gasteiger charge is 2.33. The molecule has 1 aromatic carbocycles. The van der Waals surface area contributed by atoms with E-state index >= 15 is 0 Å². The number of nitro groups is 1. The lowest BCUT2D eigenvalue weighted by Crippen LogP contribution is -2.43. The Morgan fingerprint density at radius 1 is 1.03 bits per heavy atom. The van der Waals surface area contributed by atoms with Crippen molar-refractivity contribution < 1.29 is 38.5 Å². The van der Waals surface area contributed by atoms with Gasteiger partial charge in [0.25, 0.3) is 25.9 Å². The van der Waals surface area contributed by atoms with Gasteiger partial charge in [-0.2, -0.15) is 21.1 Å². The molecule has 0 amide bonds. The molecule has 0 radical (unpaired) electrons. The number of piperidine rings is 1. The first-order valence-electron chi connectivity index (χ1n) is 10.1. The highest BCUT2D eigenvalue weighted by atomic mass is 32.2. The molecule has 0 spiro atoms. The molecular weight excluding hydrogens is 516 g/mol. The summed E-state index contributed by atoms with van der Waals surface area (Å²) in [6.07, 6.45) is 2.51. The molecule has 1 fully saturated rings. The summed E-state index contributed by atoms with van der Waals surface area (Å²) in [5, 5.41) is 11.3. The van der Waals surface area contributed by atoms with E-state index < -0.39 is 40.9 Å². The fourth-order valence-corrected chi connectivity index (χ4v) is 5.75. The topological polar surface area (TPSA) is 197 Å². The summed E-state index contributed by atoms with van der Waals surface area (Å²) in [6, 6.07) is 3.07. The third-order valence-electron chi connectivity index (χ3n) is 4.93. The van der Waals surface area contributed by atoms with E-state index in [4.69, 9.17) is 14.1 Å². The lowest BCUT2D eigenvalue weighted by Gasteiger charge is -2.32. The van der Waals surface area contributed by atoms with E-state index in [2.05, 4.69) is 0 Å². The van der Waals surface area contributed by atoms with Crippen LogP contribution in [0.1, 0.15) is 12.8 Å². The van der Waals surface area contributed by atoms with Gasteiger partial charge in [-0.15, -0.1) is 0 Å². The molecule has 0 aliphatic carbocycles. The van der Waals surface area contributed by atoms with Crippen LogP contribution < -0.4 is 10.6 Å². The Morgan fingerprint density at radius 2 is 1.53 bits per heavy atom. The second-order valence-corrected chi connectivity index (χ2v) is 12.9. The van der Waals surface area contributed by atoms with E-state index in [-0.39, 0.29) is 56.0 Å². The molecule has 0 bridgehead atoms. The van der Waals surface area contributed by atoms with Crippen LogP contribution in [0.4, 0.5) is 11.4 Å². The zero-order valence-electron chi connectivity index (χ0n) is 18.7. The van der Waals surface area contributed by atoms with Gasteiger partial charge in [0.15, 0.2) is 0 Å². The quantitative estimate of drug-likeness (QED) is 0.201. The van der Waals surface area contributed by atoms with Crippen molar-refractivity contribution in [1.29, 1.82) is 0 Å². The first kappa shape index (κ1) is 28.3. The van der Waals surface area contributed by atoms with Crippen LogP contribution in [0.15, 0.2) is 23.1 Å². The maximum atomic E-state index is 13.4. The van der Waals surface area contributed by atoms with Gasteiger partial charge in [-0.05, 0) is 18.9 Å². The van der Waals surface area contributed by atoms with Crippen molar-refractivity contribution in [2.45, 2.75) is 23.8 Å². The van der Waals surface area contributed by atoms with Crippen LogP contribution in [0.25, 0.3) is 0 Å². The number of sulfonamides is 1. The summed E-state index contributed by atoms with van der Waals surface area (Å²) in [5.41, 5.74) is 5.40. The van der Waals surface area contributed by atoms with Crippen molar-refractivity contribution in [1.82, 2.24) is 4.31 Å². The predicted octanol–water partition coefficient (Wildman–Crippen LogP) is -0.535. The minimum absolute atomic E-state index is 0.00896. The Bertz CT molecular complexity index is 1160. The molecule has 1 aromatic rings. The molecule has 2 rings (SSSR count). The van der Waals surface area contributed by atoms with Gasteiger partial charge in [0.2, 0.25) is 10.0 Å². The molecule has 0 atom stereocenters. The SMILES string of the molecule is CS(=O)(=O)OCCN(CCOS(C)(=O)=O)c1ccc([N+](=O)[O-])cc1S(=O)(=O)N1CCC(N)CC1. The number of non-ortho nitro benzene ring substituents is 1. The van der Waals surface area contributed by atoms with E-state index in [9.17, 15) is 35.4 Å².